The second-order valence-electron chi connectivity index (χ2n) is 6.51. The van der Waals surface area contributed by atoms with Crippen LogP contribution in [0.25, 0.3) is 0 Å². The van der Waals surface area contributed by atoms with E-state index in [9.17, 15) is 13.2 Å². The Hall–Kier alpha value is -2.22. The largest absolute Gasteiger partial charge is 0.374 e. The summed E-state index contributed by atoms with van der Waals surface area (Å²) in [5.74, 6) is -0.290. The van der Waals surface area contributed by atoms with Crippen molar-refractivity contribution >= 4 is 15.9 Å². The van der Waals surface area contributed by atoms with Crippen LogP contribution in [0.15, 0.2) is 53.4 Å². The van der Waals surface area contributed by atoms with Crippen molar-refractivity contribution in [3.8, 4) is 0 Å². The first-order chi connectivity index (χ1) is 13.3. The Morgan fingerprint density at radius 1 is 1.14 bits per heavy atom. The summed E-state index contributed by atoms with van der Waals surface area (Å²) in [5, 5.41) is 2.83. The molecule has 7 heteroatoms. The van der Waals surface area contributed by atoms with Gasteiger partial charge in [-0.05, 0) is 43.5 Å². The molecule has 0 saturated carbocycles. The van der Waals surface area contributed by atoms with Crippen LogP contribution in [-0.2, 0) is 14.8 Å². The summed E-state index contributed by atoms with van der Waals surface area (Å²) in [6, 6.07) is 14.5. The molecule has 6 nitrogen and oxygen atoms in total. The summed E-state index contributed by atoms with van der Waals surface area (Å²) >= 11 is 0. The van der Waals surface area contributed by atoms with Crippen LogP contribution in [0.2, 0.25) is 0 Å². The van der Waals surface area contributed by atoms with Gasteiger partial charge in [0.15, 0.2) is 0 Å². The van der Waals surface area contributed by atoms with Crippen LogP contribution in [0, 0.1) is 6.92 Å². The first kappa shape index (κ1) is 22.1. The SMILES string of the molecule is CCNS(=O)(=O)c1ccc(C)c(C(=O)NCCCOC(C)c2ccccc2)c1. The van der Waals surface area contributed by atoms with Crippen molar-refractivity contribution in [2.75, 3.05) is 19.7 Å². The van der Waals surface area contributed by atoms with E-state index in [-0.39, 0.29) is 16.9 Å². The zero-order chi connectivity index (χ0) is 20.6. The number of amides is 1. The van der Waals surface area contributed by atoms with E-state index in [0.29, 0.717) is 31.7 Å². The number of carbonyl (C=O) groups excluding carboxylic acids is 1. The van der Waals surface area contributed by atoms with Gasteiger partial charge in [-0.3, -0.25) is 4.79 Å². The van der Waals surface area contributed by atoms with Crippen molar-refractivity contribution < 1.29 is 17.9 Å². The minimum Gasteiger partial charge on any atom is -0.374 e. The molecular weight excluding hydrogens is 376 g/mol. The molecule has 1 amide bonds. The van der Waals surface area contributed by atoms with E-state index in [4.69, 9.17) is 4.74 Å². The van der Waals surface area contributed by atoms with Crippen LogP contribution in [0.1, 0.15) is 47.9 Å². The lowest BCUT2D eigenvalue weighted by Crippen LogP contribution is -2.27. The highest BCUT2D eigenvalue weighted by molar-refractivity contribution is 7.89. The predicted molar refractivity (Wildman–Crippen MR) is 110 cm³/mol. The summed E-state index contributed by atoms with van der Waals surface area (Å²) in [6.07, 6.45) is 0.657. The standard InChI is InChI=1S/C21H28N2O4S/c1-4-23-28(25,26)19-12-11-16(2)20(15-19)21(24)22-13-8-14-27-17(3)18-9-6-5-7-10-18/h5-7,9-12,15,17,23H,4,8,13-14H2,1-3H3,(H,22,24). The topological polar surface area (TPSA) is 84.5 Å². The number of benzene rings is 2. The summed E-state index contributed by atoms with van der Waals surface area (Å²) in [4.78, 5) is 12.5. The summed E-state index contributed by atoms with van der Waals surface area (Å²) in [5.41, 5.74) is 2.19. The highest BCUT2D eigenvalue weighted by atomic mass is 32.2. The normalized spacial score (nSPS) is 12.5. The predicted octanol–water partition coefficient (Wildman–Crippen LogP) is 3.19. The fourth-order valence-corrected chi connectivity index (χ4v) is 3.80. The van der Waals surface area contributed by atoms with Gasteiger partial charge in [-0.15, -0.1) is 0 Å². The lowest BCUT2D eigenvalue weighted by atomic mass is 10.1. The summed E-state index contributed by atoms with van der Waals surface area (Å²) in [7, 11) is -3.60. The Morgan fingerprint density at radius 2 is 1.86 bits per heavy atom. The van der Waals surface area contributed by atoms with Gasteiger partial charge >= 0.3 is 0 Å². The molecule has 0 radical (unpaired) electrons. The molecule has 2 aromatic rings. The van der Waals surface area contributed by atoms with E-state index < -0.39 is 10.0 Å². The average molecular weight is 405 g/mol. The number of carbonyl (C=O) groups is 1. The van der Waals surface area contributed by atoms with E-state index in [0.717, 1.165) is 11.1 Å². The molecule has 2 aromatic carbocycles. The first-order valence-corrected chi connectivity index (χ1v) is 10.9. The number of rotatable bonds is 10. The molecular formula is C21H28N2O4S. The second-order valence-corrected chi connectivity index (χ2v) is 8.28. The number of nitrogens with one attached hydrogen (secondary N) is 2. The maximum atomic E-state index is 12.5. The second kappa shape index (κ2) is 10.4. The zero-order valence-electron chi connectivity index (χ0n) is 16.6. The summed E-state index contributed by atoms with van der Waals surface area (Å²) in [6.45, 7) is 6.74. The van der Waals surface area contributed by atoms with Gasteiger partial charge in [0, 0.05) is 25.3 Å². The molecule has 0 aliphatic heterocycles. The Balaban J connectivity index is 1.86. The highest BCUT2D eigenvalue weighted by Crippen LogP contribution is 2.17. The minimum atomic E-state index is -3.60. The van der Waals surface area contributed by atoms with Gasteiger partial charge in [0.05, 0.1) is 11.0 Å². The van der Waals surface area contributed by atoms with Crippen LogP contribution in [-0.4, -0.2) is 34.0 Å². The number of hydrogen-bond acceptors (Lipinski definition) is 4. The maximum absolute atomic E-state index is 12.5. The third-order valence-corrected chi connectivity index (χ3v) is 5.89. The molecule has 2 N–H and O–H groups in total. The Labute approximate surface area is 167 Å². The number of aryl methyl sites for hydroxylation is 1. The summed E-state index contributed by atoms with van der Waals surface area (Å²) < 4.78 is 32.5. The van der Waals surface area contributed by atoms with Gasteiger partial charge in [-0.1, -0.05) is 43.3 Å². The molecule has 0 spiro atoms. The highest BCUT2D eigenvalue weighted by Gasteiger charge is 2.17. The Bertz CT molecular complexity index is 883. The molecule has 0 aliphatic carbocycles. The van der Waals surface area contributed by atoms with Gasteiger partial charge in [-0.2, -0.15) is 0 Å². The fraction of sp³-hybridized carbons (Fsp3) is 0.381. The van der Waals surface area contributed by atoms with E-state index in [1.165, 1.54) is 12.1 Å². The first-order valence-electron chi connectivity index (χ1n) is 9.40. The molecule has 0 saturated heterocycles. The molecule has 0 fully saturated rings. The van der Waals surface area contributed by atoms with E-state index >= 15 is 0 Å². The van der Waals surface area contributed by atoms with Gasteiger partial charge in [-0.25, -0.2) is 13.1 Å². The van der Waals surface area contributed by atoms with Crippen LogP contribution in [0.4, 0.5) is 0 Å². The molecule has 0 heterocycles. The van der Waals surface area contributed by atoms with Gasteiger partial charge in [0.25, 0.3) is 5.91 Å². The van der Waals surface area contributed by atoms with Gasteiger partial charge in [0.2, 0.25) is 10.0 Å². The van der Waals surface area contributed by atoms with Crippen molar-refractivity contribution in [2.45, 2.75) is 38.2 Å². The quantitative estimate of drug-likeness (QED) is 0.596. The van der Waals surface area contributed by atoms with Crippen molar-refractivity contribution in [1.82, 2.24) is 10.0 Å². The molecule has 0 aromatic heterocycles. The van der Waals surface area contributed by atoms with Crippen molar-refractivity contribution in [3.63, 3.8) is 0 Å². The van der Waals surface area contributed by atoms with Crippen molar-refractivity contribution in [2.24, 2.45) is 0 Å². The lowest BCUT2D eigenvalue weighted by Gasteiger charge is -2.14. The van der Waals surface area contributed by atoms with Crippen LogP contribution in [0.5, 0.6) is 0 Å². The molecule has 2 rings (SSSR count). The minimum absolute atomic E-state index is 0.00732. The lowest BCUT2D eigenvalue weighted by molar-refractivity contribution is 0.0635. The zero-order valence-corrected chi connectivity index (χ0v) is 17.4. The smallest absolute Gasteiger partial charge is 0.251 e. The Kier molecular flexibility index (Phi) is 8.17. The van der Waals surface area contributed by atoms with E-state index in [2.05, 4.69) is 10.0 Å². The molecule has 0 aliphatic rings. The fourth-order valence-electron chi connectivity index (χ4n) is 2.74. The maximum Gasteiger partial charge on any atom is 0.251 e. The molecule has 152 valence electrons. The number of ether oxygens (including phenoxy) is 1. The van der Waals surface area contributed by atoms with Crippen LogP contribution >= 0.6 is 0 Å². The van der Waals surface area contributed by atoms with Crippen molar-refractivity contribution in [1.29, 1.82) is 0 Å². The van der Waals surface area contributed by atoms with Crippen LogP contribution in [0.3, 0.4) is 0 Å². The molecule has 1 atom stereocenters. The van der Waals surface area contributed by atoms with Crippen molar-refractivity contribution in [3.05, 3.63) is 65.2 Å². The van der Waals surface area contributed by atoms with Gasteiger partial charge in [0.1, 0.15) is 0 Å². The van der Waals surface area contributed by atoms with Gasteiger partial charge < -0.3 is 10.1 Å². The molecule has 1 unspecified atom stereocenters. The Morgan fingerprint density at radius 3 is 2.54 bits per heavy atom. The third-order valence-electron chi connectivity index (χ3n) is 4.34. The van der Waals surface area contributed by atoms with E-state index in [1.807, 2.05) is 37.3 Å². The molecule has 0 bridgehead atoms. The monoisotopic (exact) mass is 404 g/mol. The number of hydrogen-bond donors (Lipinski definition) is 2. The number of sulfonamides is 1. The van der Waals surface area contributed by atoms with Crippen LogP contribution < -0.4 is 10.0 Å². The molecule has 28 heavy (non-hydrogen) atoms. The third kappa shape index (κ3) is 6.15. The average Bonchev–Trinajstić information content (AvgIpc) is 2.68. The van der Waals surface area contributed by atoms with E-state index in [1.54, 1.807) is 19.9 Å².